The second-order valence-electron chi connectivity index (χ2n) is 4.37. The monoisotopic (exact) mass is 246 g/mol. The van der Waals surface area contributed by atoms with E-state index in [0.717, 1.165) is 31.1 Å². The summed E-state index contributed by atoms with van der Waals surface area (Å²) in [4.78, 5) is 3.42. The molecule has 0 amide bonds. The van der Waals surface area contributed by atoms with Crippen molar-refractivity contribution >= 4 is 18.3 Å². The van der Waals surface area contributed by atoms with Crippen molar-refractivity contribution in [3.63, 3.8) is 0 Å². The lowest BCUT2D eigenvalue weighted by molar-refractivity contribution is 0.589. The third-order valence-corrected chi connectivity index (χ3v) is 3.71. The van der Waals surface area contributed by atoms with Crippen LogP contribution in [0.3, 0.4) is 0 Å². The van der Waals surface area contributed by atoms with Crippen LogP contribution in [-0.4, -0.2) is 26.2 Å². The summed E-state index contributed by atoms with van der Waals surface area (Å²) in [5.41, 5.74) is 3.66. The SMILES string of the molecule is C#CCc1cc(N2CCNCC2)cc(S)c1C. The molecule has 0 aliphatic carbocycles. The summed E-state index contributed by atoms with van der Waals surface area (Å²) in [5, 5.41) is 3.36. The van der Waals surface area contributed by atoms with Gasteiger partial charge in [0, 0.05) is 43.2 Å². The van der Waals surface area contributed by atoms with Gasteiger partial charge in [-0.2, -0.15) is 0 Å². The van der Waals surface area contributed by atoms with Gasteiger partial charge in [-0.1, -0.05) is 0 Å². The minimum absolute atomic E-state index is 0.680. The summed E-state index contributed by atoms with van der Waals surface area (Å²) in [6, 6.07) is 4.35. The summed E-state index contributed by atoms with van der Waals surface area (Å²) in [7, 11) is 0. The number of terminal acetylenes is 1. The number of anilines is 1. The smallest absolute Gasteiger partial charge is 0.0381 e. The summed E-state index contributed by atoms with van der Waals surface area (Å²) in [5.74, 6) is 2.72. The number of thiol groups is 1. The van der Waals surface area contributed by atoms with Crippen LogP contribution in [0.15, 0.2) is 17.0 Å². The summed E-state index contributed by atoms with van der Waals surface area (Å²) in [6.45, 7) is 6.26. The van der Waals surface area contributed by atoms with Gasteiger partial charge in [0.05, 0.1) is 0 Å². The number of nitrogens with zero attached hydrogens (tertiary/aromatic N) is 1. The van der Waals surface area contributed by atoms with Crippen LogP contribution in [0.1, 0.15) is 11.1 Å². The van der Waals surface area contributed by atoms with Crippen molar-refractivity contribution in [2.45, 2.75) is 18.2 Å². The first kappa shape index (κ1) is 12.3. The average molecular weight is 246 g/mol. The molecule has 0 unspecified atom stereocenters. The summed E-state index contributed by atoms with van der Waals surface area (Å²) in [6.07, 6.45) is 6.09. The number of rotatable bonds is 2. The Labute approximate surface area is 109 Å². The first-order chi connectivity index (χ1) is 8.22. The number of nitrogens with one attached hydrogen (secondary N) is 1. The van der Waals surface area contributed by atoms with E-state index in [2.05, 4.69) is 47.8 Å². The van der Waals surface area contributed by atoms with Crippen molar-refractivity contribution in [1.82, 2.24) is 5.32 Å². The van der Waals surface area contributed by atoms with Gasteiger partial charge in [-0.05, 0) is 30.2 Å². The maximum absolute atomic E-state index is 5.41. The minimum atomic E-state index is 0.680. The Hall–Kier alpha value is -1.11. The van der Waals surface area contributed by atoms with Crippen molar-refractivity contribution in [2.24, 2.45) is 0 Å². The maximum Gasteiger partial charge on any atom is 0.0381 e. The Morgan fingerprint density at radius 2 is 2.12 bits per heavy atom. The van der Waals surface area contributed by atoms with Crippen molar-refractivity contribution < 1.29 is 0 Å². The van der Waals surface area contributed by atoms with E-state index in [9.17, 15) is 0 Å². The van der Waals surface area contributed by atoms with Crippen LogP contribution in [-0.2, 0) is 6.42 Å². The van der Waals surface area contributed by atoms with Crippen LogP contribution in [0.5, 0.6) is 0 Å². The molecule has 1 aliphatic rings. The lowest BCUT2D eigenvalue weighted by Crippen LogP contribution is -2.43. The number of piperazine rings is 1. The Morgan fingerprint density at radius 3 is 2.76 bits per heavy atom. The average Bonchev–Trinajstić information content (AvgIpc) is 2.36. The van der Waals surface area contributed by atoms with E-state index in [1.54, 1.807) is 0 Å². The molecule has 0 atom stereocenters. The zero-order valence-corrected chi connectivity index (χ0v) is 11.1. The third kappa shape index (κ3) is 2.77. The van der Waals surface area contributed by atoms with E-state index < -0.39 is 0 Å². The lowest BCUT2D eigenvalue weighted by Gasteiger charge is -2.30. The molecule has 2 nitrogen and oxygen atoms in total. The zero-order valence-electron chi connectivity index (χ0n) is 10.2. The van der Waals surface area contributed by atoms with E-state index in [1.165, 1.54) is 16.8 Å². The Morgan fingerprint density at radius 1 is 1.41 bits per heavy atom. The van der Waals surface area contributed by atoms with Gasteiger partial charge in [-0.15, -0.1) is 25.0 Å². The zero-order chi connectivity index (χ0) is 12.3. The van der Waals surface area contributed by atoms with Crippen molar-refractivity contribution in [3.8, 4) is 12.3 Å². The topological polar surface area (TPSA) is 15.3 Å². The fraction of sp³-hybridized carbons (Fsp3) is 0.429. The van der Waals surface area contributed by atoms with Gasteiger partial charge >= 0.3 is 0 Å². The normalized spacial score (nSPS) is 15.7. The molecule has 0 aromatic heterocycles. The molecule has 3 heteroatoms. The van der Waals surface area contributed by atoms with Gasteiger partial charge in [0.1, 0.15) is 0 Å². The van der Waals surface area contributed by atoms with Crippen LogP contribution < -0.4 is 10.2 Å². The second-order valence-corrected chi connectivity index (χ2v) is 4.85. The van der Waals surface area contributed by atoms with Crippen LogP contribution in [0.2, 0.25) is 0 Å². The van der Waals surface area contributed by atoms with Crippen molar-refractivity contribution in [2.75, 3.05) is 31.1 Å². The highest BCUT2D eigenvalue weighted by Crippen LogP contribution is 2.26. The molecule has 2 rings (SSSR count). The molecule has 1 aromatic carbocycles. The first-order valence-corrected chi connectivity index (χ1v) is 6.38. The Bertz CT molecular complexity index is 442. The predicted octanol–water partition coefficient (Wildman–Crippen LogP) is 1.87. The highest BCUT2D eigenvalue weighted by molar-refractivity contribution is 7.80. The molecular formula is C14H18N2S. The summed E-state index contributed by atoms with van der Waals surface area (Å²) >= 11 is 4.54. The van der Waals surface area contributed by atoms with E-state index in [1.807, 2.05) is 0 Å². The van der Waals surface area contributed by atoms with E-state index >= 15 is 0 Å². The van der Waals surface area contributed by atoms with E-state index in [0.29, 0.717) is 6.42 Å². The molecule has 1 aliphatic heterocycles. The minimum Gasteiger partial charge on any atom is -0.369 e. The van der Waals surface area contributed by atoms with Crippen molar-refractivity contribution in [3.05, 3.63) is 23.3 Å². The maximum atomic E-state index is 5.41. The molecular weight excluding hydrogens is 228 g/mol. The Balaban J connectivity index is 2.31. The van der Waals surface area contributed by atoms with E-state index in [4.69, 9.17) is 6.42 Å². The predicted molar refractivity (Wildman–Crippen MR) is 76.1 cm³/mol. The molecule has 1 N–H and O–H groups in total. The largest absolute Gasteiger partial charge is 0.369 e. The molecule has 0 bridgehead atoms. The fourth-order valence-corrected chi connectivity index (χ4v) is 2.42. The second kappa shape index (κ2) is 5.48. The highest BCUT2D eigenvalue weighted by Gasteiger charge is 2.13. The van der Waals surface area contributed by atoms with Gasteiger partial charge in [-0.3, -0.25) is 0 Å². The van der Waals surface area contributed by atoms with Crippen LogP contribution in [0, 0.1) is 19.3 Å². The van der Waals surface area contributed by atoms with Crippen LogP contribution >= 0.6 is 12.6 Å². The third-order valence-electron chi connectivity index (χ3n) is 3.25. The molecule has 1 aromatic rings. The van der Waals surface area contributed by atoms with Crippen LogP contribution in [0.25, 0.3) is 0 Å². The summed E-state index contributed by atoms with van der Waals surface area (Å²) < 4.78 is 0. The fourth-order valence-electron chi connectivity index (χ4n) is 2.14. The Kier molecular flexibility index (Phi) is 3.98. The number of hydrogen-bond donors (Lipinski definition) is 2. The van der Waals surface area contributed by atoms with Crippen LogP contribution in [0.4, 0.5) is 5.69 Å². The standard InChI is InChI=1S/C14H18N2S/c1-3-4-12-9-13(10-14(17)11(12)2)16-7-5-15-6-8-16/h1,9-10,15,17H,4-8H2,2H3. The molecule has 1 fully saturated rings. The highest BCUT2D eigenvalue weighted by atomic mass is 32.1. The molecule has 0 radical (unpaired) electrons. The van der Waals surface area contributed by atoms with E-state index in [-0.39, 0.29) is 0 Å². The molecule has 1 saturated heterocycles. The lowest BCUT2D eigenvalue weighted by atomic mass is 10.0. The van der Waals surface area contributed by atoms with Gasteiger partial charge in [0.2, 0.25) is 0 Å². The van der Waals surface area contributed by atoms with Gasteiger partial charge in [0.15, 0.2) is 0 Å². The van der Waals surface area contributed by atoms with Gasteiger partial charge in [-0.25, -0.2) is 0 Å². The molecule has 17 heavy (non-hydrogen) atoms. The molecule has 90 valence electrons. The van der Waals surface area contributed by atoms with Crippen molar-refractivity contribution in [1.29, 1.82) is 0 Å². The molecule has 1 heterocycles. The molecule has 0 saturated carbocycles. The van der Waals surface area contributed by atoms with Gasteiger partial charge < -0.3 is 10.2 Å². The molecule has 0 spiro atoms. The number of benzene rings is 1. The van der Waals surface area contributed by atoms with Gasteiger partial charge in [0.25, 0.3) is 0 Å². The quantitative estimate of drug-likeness (QED) is 0.612. The first-order valence-electron chi connectivity index (χ1n) is 5.94. The number of hydrogen-bond acceptors (Lipinski definition) is 3.